The van der Waals surface area contributed by atoms with Gasteiger partial charge in [-0.05, 0) is 23.1 Å². The van der Waals surface area contributed by atoms with E-state index in [4.69, 9.17) is 15.2 Å². The van der Waals surface area contributed by atoms with E-state index in [2.05, 4.69) is 15.9 Å². The van der Waals surface area contributed by atoms with Gasteiger partial charge in [0.25, 0.3) is 0 Å². The third-order valence-electron chi connectivity index (χ3n) is 4.12. The summed E-state index contributed by atoms with van der Waals surface area (Å²) in [5, 5.41) is 1.02. The molecule has 0 saturated carbocycles. The van der Waals surface area contributed by atoms with Gasteiger partial charge in [0.1, 0.15) is 5.82 Å². The lowest BCUT2D eigenvalue weighted by molar-refractivity contribution is -0.173. The first-order valence-electron chi connectivity index (χ1n) is 7.89. The average Bonchev–Trinajstić information content (AvgIpc) is 2.67. The summed E-state index contributed by atoms with van der Waals surface area (Å²) in [5.74, 6) is -1.49. The molecule has 2 N–H and O–H groups in total. The Morgan fingerprint density at radius 3 is 2.54 bits per heavy atom. The van der Waals surface area contributed by atoms with Gasteiger partial charge in [-0.2, -0.15) is 0 Å². The van der Waals surface area contributed by atoms with Gasteiger partial charge in [-0.15, -0.1) is 0 Å². The molecule has 0 fully saturated rings. The molecule has 0 aliphatic rings. The molecule has 1 atom stereocenters. The van der Waals surface area contributed by atoms with Gasteiger partial charge in [0.2, 0.25) is 5.72 Å². The summed E-state index contributed by atoms with van der Waals surface area (Å²) in [5.41, 5.74) is 4.86. The highest BCUT2D eigenvalue weighted by molar-refractivity contribution is 9.10. The van der Waals surface area contributed by atoms with Gasteiger partial charge >= 0.3 is 5.97 Å². The Labute approximate surface area is 158 Å². The summed E-state index contributed by atoms with van der Waals surface area (Å²) in [6.45, 7) is 0.0302. The second kappa shape index (κ2) is 7.53. The van der Waals surface area contributed by atoms with E-state index in [-0.39, 0.29) is 12.2 Å². The van der Waals surface area contributed by atoms with Gasteiger partial charge in [0.15, 0.2) is 0 Å². The van der Waals surface area contributed by atoms with Crippen molar-refractivity contribution in [1.82, 2.24) is 0 Å². The van der Waals surface area contributed by atoms with Crippen LogP contribution in [-0.4, -0.2) is 13.1 Å². The van der Waals surface area contributed by atoms with Crippen molar-refractivity contribution in [2.24, 2.45) is 5.73 Å². The molecule has 0 aliphatic heterocycles. The molecule has 0 aromatic heterocycles. The maximum absolute atomic E-state index is 15.2. The number of hydrogen-bond donors (Lipinski definition) is 1. The van der Waals surface area contributed by atoms with Crippen LogP contribution in [0.4, 0.5) is 4.39 Å². The highest BCUT2D eigenvalue weighted by Crippen LogP contribution is 2.31. The Kier molecular flexibility index (Phi) is 5.36. The van der Waals surface area contributed by atoms with Crippen molar-refractivity contribution >= 4 is 32.7 Å². The van der Waals surface area contributed by atoms with Crippen LogP contribution >= 0.6 is 15.9 Å². The minimum atomic E-state index is -2.06. The van der Waals surface area contributed by atoms with Gasteiger partial charge in [0.05, 0.1) is 13.7 Å². The van der Waals surface area contributed by atoms with E-state index in [1.807, 2.05) is 36.4 Å². The van der Waals surface area contributed by atoms with Crippen LogP contribution in [0.5, 0.6) is 0 Å². The summed E-state index contributed by atoms with van der Waals surface area (Å²) in [4.78, 5) is 12.4. The van der Waals surface area contributed by atoms with E-state index in [1.165, 1.54) is 13.2 Å². The first-order chi connectivity index (χ1) is 12.5. The zero-order chi connectivity index (χ0) is 18.7. The van der Waals surface area contributed by atoms with Crippen LogP contribution in [0.25, 0.3) is 10.8 Å². The standard InChI is InChI=1S/C20H17BrFNO3/c1-25-19(24)20(23,26-12-13-5-3-2-4-6-13)17-10-8-14-7-9-15(21)11-16(14)18(17)22/h2-11H,12,23H2,1H3. The van der Waals surface area contributed by atoms with Gasteiger partial charge in [0, 0.05) is 15.4 Å². The van der Waals surface area contributed by atoms with E-state index < -0.39 is 17.5 Å². The third kappa shape index (κ3) is 3.49. The number of carbonyl (C=O) groups is 1. The molecular weight excluding hydrogens is 401 g/mol. The Balaban J connectivity index is 2.06. The fourth-order valence-corrected chi connectivity index (χ4v) is 3.07. The fraction of sp³-hybridized carbons (Fsp3) is 0.150. The number of benzene rings is 3. The topological polar surface area (TPSA) is 61.5 Å². The number of rotatable bonds is 5. The molecular formula is C20H17BrFNO3. The summed E-state index contributed by atoms with van der Waals surface area (Å²) in [6.07, 6.45) is 0. The van der Waals surface area contributed by atoms with E-state index in [9.17, 15) is 4.79 Å². The molecule has 3 aromatic carbocycles. The van der Waals surface area contributed by atoms with Crippen molar-refractivity contribution in [3.05, 3.63) is 82.1 Å². The monoisotopic (exact) mass is 417 g/mol. The first-order valence-corrected chi connectivity index (χ1v) is 8.68. The van der Waals surface area contributed by atoms with Crippen LogP contribution in [0, 0.1) is 5.82 Å². The number of esters is 1. The summed E-state index contributed by atoms with van der Waals surface area (Å²) in [6, 6.07) is 17.5. The van der Waals surface area contributed by atoms with Gasteiger partial charge in [-0.1, -0.05) is 64.5 Å². The average molecular weight is 418 g/mol. The smallest absolute Gasteiger partial charge is 0.358 e. The molecule has 0 heterocycles. The second-order valence-electron chi connectivity index (χ2n) is 5.79. The van der Waals surface area contributed by atoms with Crippen LogP contribution in [0.15, 0.2) is 65.1 Å². The number of fused-ring (bicyclic) bond motifs is 1. The Hall–Kier alpha value is -2.28. The normalized spacial score (nSPS) is 13.4. The van der Waals surface area contributed by atoms with Crippen LogP contribution in [-0.2, 0) is 26.6 Å². The Morgan fingerprint density at radius 2 is 1.85 bits per heavy atom. The summed E-state index contributed by atoms with van der Waals surface area (Å²) >= 11 is 3.32. The molecule has 0 aliphatic carbocycles. The fourth-order valence-electron chi connectivity index (χ4n) is 2.71. The lowest BCUT2D eigenvalue weighted by Gasteiger charge is -2.28. The molecule has 3 rings (SSSR count). The number of carbonyl (C=O) groups excluding carboxylic acids is 1. The van der Waals surface area contributed by atoms with Crippen LogP contribution in [0.3, 0.4) is 0 Å². The zero-order valence-corrected chi connectivity index (χ0v) is 15.6. The van der Waals surface area contributed by atoms with Crippen LogP contribution in [0.2, 0.25) is 0 Å². The van der Waals surface area contributed by atoms with Gasteiger partial charge < -0.3 is 9.47 Å². The molecule has 0 amide bonds. The van der Waals surface area contributed by atoms with Gasteiger partial charge in [-0.3, -0.25) is 5.73 Å². The van der Waals surface area contributed by atoms with E-state index in [0.717, 1.165) is 5.56 Å². The van der Waals surface area contributed by atoms with E-state index >= 15 is 4.39 Å². The number of methoxy groups -OCH3 is 1. The molecule has 4 nitrogen and oxygen atoms in total. The van der Waals surface area contributed by atoms with Crippen molar-refractivity contribution in [2.45, 2.75) is 12.3 Å². The lowest BCUT2D eigenvalue weighted by Crippen LogP contribution is -2.48. The quantitative estimate of drug-likeness (QED) is 0.498. The number of ether oxygens (including phenoxy) is 2. The molecule has 1 unspecified atom stereocenters. The second-order valence-corrected chi connectivity index (χ2v) is 6.71. The maximum Gasteiger partial charge on any atom is 0.358 e. The minimum absolute atomic E-state index is 0.0302. The molecule has 0 saturated heterocycles. The maximum atomic E-state index is 15.2. The number of nitrogens with two attached hydrogens (primary N) is 1. The molecule has 3 aromatic rings. The van der Waals surface area contributed by atoms with Crippen molar-refractivity contribution in [3.63, 3.8) is 0 Å². The molecule has 0 spiro atoms. The molecule has 134 valence electrons. The highest BCUT2D eigenvalue weighted by Gasteiger charge is 2.41. The molecule has 0 radical (unpaired) electrons. The van der Waals surface area contributed by atoms with Crippen molar-refractivity contribution < 1.29 is 18.7 Å². The van der Waals surface area contributed by atoms with E-state index in [0.29, 0.717) is 15.2 Å². The molecule has 26 heavy (non-hydrogen) atoms. The summed E-state index contributed by atoms with van der Waals surface area (Å²) < 4.78 is 26.3. The Bertz CT molecular complexity index is 948. The van der Waals surface area contributed by atoms with Crippen LogP contribution in [0.1, 0.15) is 11.1 Å². The third-order valence-corrected chi connectivity index (χ3v) is 4.61. The van der Waals surface area contributed by atoms with Gasteiger partial charge in [-0.25, -0.2) is 9.18 Å². The lowest BCUT2D eigenvalue weighted by atomic mass is 9.98. The predicted octanol–water partition coefficient (Wildman–Crippen LogP) is 4.24. The molecule has 6 heteroatoms. The van der Waals surface area contributed by atoms with Crippen molar-refractivity contribution in [1.29, 1.82) is 0 Å². The largest absolute Gasteiger partial charge is 0.466 e. The van der Waals surface area contributed by atoms with E-state index in [1.54, 1.807) is 18.2 Å². The molecule has 0 bridgehead atoms. The number of hydrogen-bond acceptors (Lipinski definition) is 4. The summed E-state index contributed by atoms with van der Waals surface area (Å²) in [7, 11) is 1.19. The van der Waals surface area contributed by atoms with Crippen molar-refractivity contribution in [3.8, 4) is 0 Å². The van der Waals surface area contributed by atoms with Crippen molar-refractivity contribution in [2.75, 3.05) is 7.11 Å². The first kappa shape index (κ1) is 18.5. The Morgan fingerprint density at radius 1 is 1.15 bits per heavy atom. The predicted molar refractivity (Wildman–Crippen MR) is 101 cm³/mol. The SMILES string of the molecule is COC(=O)C(N)(OCc1ccccc1)c1ccc2ccc(Br)cc2c1F. The zero-order valence-electron chi connectivity index (χ0n) is 14.0. The minimum Gasteiger partial charge on any atom is -0.466 e. The highest BCUT2D eigenvalue weighted by atomic mass is 79.9. The number of halogens is 2. The van der Waals surface area contributed by atoms with Crippen LogP contribution < -0.4 is 5.73 Å².